The van der Waals surface area contributed by atoms with Crippen LogP contribution in [0, 0.1) is 0 Å². The van der Waals surface area contributed by atoms with Crippen LogP contribution in [0.5, 0.6) is 0 Å². The van der Waals surface area contributed by atoms with Crippen LogP contribution in [0.2, 0.25) is 0 Å². The highest BCUT2D eigenvalue weighted by molar-refractivity contribution is 5.71. The summed E-state index contributed by atoms with van der Waals surface area (Å²) in [5.41, 5.74) is 0.484. The lowest BCUT2D eigenvalue weighted by molar-refractivity contribution is -0.160. The van der Waals surface area contributed by atoms with E-state index >= 15 is 0 Å². The highest BCUT2D eigenvalue weighted by atomic mass is 16.6. The Morgan fingerprint density at radius 2 is 1.70 bits per heavy atom. The van der Waals surface area contributed by atoms with Crippen molar-refractivity contribution in [1.29, 1.82) is 0 Å². The van der Waals surface area contributed by atoms with E-state index in [0.29, 0.717) is 26.3 Å². The minimum Gasteiger partial charge on any atom is -0.458 e. The van der Waals surface area contributed by atoms with Crippen LogP contribution in [0.4, 0.5) is 4.79 Å². The van der Waals surface area contributed by atoms with Crippen molar-refractivity contribution < 1.29 is 23.8 Å². The molecule has 1 fully saturated rings. The van der Waals surface area contributed by atoms with Gasteiger partial charge in [-0.15, -0.1) is 0 Å². The van der Waals surface area contributed by atoms with Crippen LogP contribution >= 0.6 is 0 Å². The van der Waals surface area contributed by atoms with E-state index in [1.54, 1.807) is 4.90 Å². The second-order valence-corrected chi connectivity index (χ2v) is 7.51. The van der Waals surface area contributed by atoms with Gasteiger partial charge in [0.25, 0.3) is 0 Å². The van der Waals surface area contributed by atoms with Crippen LogP contribution in [0.15, 0.2) is 30.3 Å². The minimum absolute atomic E-state index is 0.0386. The van der Waals surface area contributed by atoms with Gasteiger partial charge in [0.1, 0.15) is 18.8 Å². The number of amides is 1. The Hall–Kier alpha value is -2.12. The topological polar surface area (TPSA) is 68.3 Å². The highest BCUT2D eigenvalue weighted by Crippen LogP contribution is 2.08. The third-order valence-electron chi connectivity index (χ3n) is 4.03. The quantitative estimate of drug-likeness (QED) is 0.536. The lowest BCUT2D eigenvalue weighted by Gasteiger charge is -2.33. The predicted molar refractivity (Wildman–Crippen MR) is 101 cm³/mol. The van der Waals surface area contributed by atoms with Crippen molar-refractivity contribution in [2.75, 3.05) is 45.9 Å². The van der Waals surface area contributed by atoms with E-state index in [-0.39, 0.29) is 18.7 Å². The molecule has 150 valence electrons. The molecule has 7 heteroatoms. The van der Waals surface area contributed by atoms with Gasteiger partial charge in [-0.05, 0) is 26.3 Å². The third-order valence-corrected chi connectivity index (χ3v) is 4.03. The van der Waals surface area contributed by atoms with Crippen molar-refractivity contribution in [3.8, 4) is 0 Å². The summed E-state index contributed by atoms with van der Waals surface area (Å²) in [7, 11) is 0. The van der Waals surface area contributed by atoms with Gasteiger partial charge < -0.3 is 19.1 Å². The third kappa shape index (κ3) is 8.41. The van der Waals surface area contributed by atoms with Gasteiger partial charge in [0.2, 0.25) is 0 Å². The number of esters is 1. The molecular formula is C20H30N2O5. The van der Waals surface area contributed by atoms with E-state index in [1.807, 2.05) is 51.1 Å². The van der Waals surface area contributed by atoms with Crippen molar-refractivity contribution in [2.45, 2.75) is 33.0 Å². The zero-order valence-electron chi connectivity index (χ0n) is 16.5. The first-order valence-corrected chi connectivity index (χ1v) is 9.31. The molecule has 1 saturated heterocycles. The fraction of sp³-hybridized carbons (Fsp3) is 0.600. The summed E-state index contributed by atoms with van der Waals surface area (Å²) in [6.07, 6.45) is -0.278. The molecule has 0 bridgehead atoms. The molecule has 1 aromatic carbocycles. The Balaban J connectivity index is 1.57. The second kappa shape index (κ2) is 10.3. The summed E-state index contributed by atoms with van der Waals surface area (Å²) in [4.78, 5) is 27.6. The molecule has 0 saturated carbocycles. The number of rotatable bonds is 7. The summed E-state index contributed by atoms with van der Waals surface area (Å²) < 4.78 is 15.9. The molecule has 7 nitrogen and oxygen atoms in total. The van der Waals surface area contributed by atoms with E-state index in [1.165, 1.54) is 0 Å². The molecular weight excluding hydrogens is 348 g/mol. The first kappa shape index (κ1) is 21.2. The molecule has 27 heavy (non-hydrogen) atoms. The van der Waals surface area contributed by atoms with Crippen LogP contribution in [-0.2, 0) is 25.6 Å². The first-order valence-electron chi connectivity index (χ1n) is 9.31. The molecule has 0 spiro atoms. The fourth-order valence-electron chi connectivity index (χ4n) is 2.68. The van der Waals surface area contributed by atoms with E-state index in [2.05, 4.69) is 4.90 Å². The first-order chi connectivity index (χ1) is 12.8. The van der Waals surface area contributed by atoms with Crippen LogP contribution in [0.1, 0.15) is 26.3 Å². The summed E-state index contributed by atoms with van der Waals surface area (Å²) in [6, 6.07) is 9.65. The summed E-state index contributed by atoms with van der Waals surface area (Å²) in [5, 5.41) is 0. The highest BCUT2D eigenvalue weighted by Gasteiger charge is 2.22. The Labute approximate surface area is 161 Å². The lowest BCUT2D eigenvalue weighted by atomic mass is 10.2. The maximum Gasteiger partial charge on any atom is 0.410 e. The Morgan fingerprint density at radius 1 is 1.04 bits per heavy atom. The van der Waals surface area contributed by atoms with E-state index in [4.69, 9.17) is 14.2 Å². The number of carbonyl (C=O) groups excluding carboxylic acids is 2. The SMILES string of the molecule is CC(C)(C)OC(=O)COCCN1CCN(C(=O)OCc2ccccc2)CC1. The summed E-state index contributed by atoms with van der Waals surface area (Å²) >= 11 is 0. The Bertz CT molecular complexity index is 592. The summed E-state index contributed by atoms with van der Waals surface area (Å²) in [5.74, 6) is -0.353. The van der Waals surface area contributed by atoms with Crippen LogP contribution in [-0.4, -0.2) is 73.4 Å². The molecule has 0 unspecified atom stereocenters. The lowest BCUT2D eigenvalue weighted by Crippen LogP contribution is -2.49. The molecule has 1 aliphatic rings. The number of carbonyl (C=O) groups is 2. The standard InChI is InChI=1S/C20H30N2O5/c1-20(2,3)27-18(23)16-25-14-13-21-9-11-22(12-10-21)19(24)26-15-17-7-5-4-6-8-17/h4-8H,9-16H2,1-3H3. The van der Waals surface area contributed by atoms with Crippen LogP contribution in [0.3, 0.4) is 0 Å². The van der Waals surface area contributed by atoms with Gasteiger partial charge in [-0.3, -0.25) is 4.90 Å². The number of hydrogen-bond donors (Lipinski definition) is 0. The number of hydrogen-bond acceptors (Lipinski definition) is 6. The van der Waals surface area contributed by atoms with Crippen molar-refractivity contribution in [3.63, 3.8) is 0 Å². The molecule has 2 rings (SSSR count). The molecule has 0 aromatic heterocycles. The number of nitrogens with zero attached hydrogens (tertiary/aromatic N) is 2. The monoisotopic (exact) mass is 378 g/mol. The molecule has 0 aliphatic carbocycles. The Kier molecular flexibility index (Phi) is 8.06. The summed E-state index contributed by atoms with van der Waals surface area (Å²) in [6.45, 7) is 9.68. The van der Waals surface area contributed by atoms with Gasteiger partial charge in [-0.1, -0.05) is 30.3 Å². The van der Waals surface area contributed by atoms with Gasteiger partial charge in [0, 0.05) is 32.7 Å². The van der Waals surface area contributed by atoms with Crippen molar-refractivity contribution >= 4 is 12.1 Å². The van der Waals surface area contributed by atoms with Gasteiger partial charge in [0.15, 0.2) is 0 Å². The molecule has 1 amide bonds. The molecule has 1 aliphatic heterocycles. The maximum absolute atomic E-state index is 12.1. The molecule has 0 N–H and O–H groups in total. The van der Waals surface area contributed by atoms with E-state index < -0.39 is 5.60 Å². The van der Waals surface area contributed by atoms with Gasteiger partial charge in [0.05, 0.1) is 6.61 Å². The predicted octanol–water partition coefficient (Wildman–Crippen LogP) is 2.30. The van der Waals surface area contributed by atoms with Gasteiger partial charge in [-0.25, -0.2) is 9.59 Å². The van der Waals surface area contributed by atoms with Gasteiger partial charge >= 0.3 is 12.1 Å². The minimum atomic E-state index is -0.494. The molecule has 0 radical (unpaired) electrons. The Morgan fingerprint density at radius 3 is 2.33 bits per heavy atom. The number of ether oxygens (including phenoxy) is 3. The van der Waals surface area contributed by atoms with Crippen LogP contribution < -0.4 is 0 Å². The zero-order chi connectivity index (χ0) is 19.7. The van der Waals surface area contributed by atoms with Crippen LogP contribution in [0.25, 0.3) is 0 Å². The van der Waals surface area contributed by atoms with Crippen molar-refractivity contribution in [1.82, 2.24) is 9.80 Å². The largest absolute Gasteiger partial charge is 0.458 e. The number of piperazine rings is 1. The number of benzene rings is 1. The average Bonchev–Trinajstić information content (AvgIpc) is 2.63. The zero-order valence-corrected chi connectivity index (χ0v) is 16.5. The fourth-order valence-corrected chi connectivity index (χ4v) is 2.68. The maximum atomic E-state index is 12.1. The molecule has 1 aromatic rings. The second-order valence-electron chi connectivity index (χ2n) is 7.51. The van der Waals surface area contributed by atoms with Crippen molar-refractivity contribution in [2.24, 2.45) is 0 Å². The van der Waals surface area contributed by atoms with E-state index in [9.17, 15) is 9.59 Å². The normalized spacial score (nSPS) is 15.4. The molecule has 0 atom stereocenters. The van der Waals surface area contributed by atoms with Gasteiger partial charge in [-0.2, -0.15) is 0 Å². The van der Waals surface area contributed by atoms with E-state index in [0.717, 1.165) is 25.2 Å². The average molecular weight is 378 g/mol. The van der Waals surface area contributed by atoms with Crippen molar-refractivity contribution in [3.05, 3.63) is 35.9 Å². The smallest absolute Gasteiger partial charge is 0.410 e. The molecule has 1 heterocycles.